The van der Waals surface area contributed by atoms with Crippen molar-refractivity contribution in [1.82, 2.24) is 15.5 Å². The number of carbonyl (C=O) groups is 1. The first kappa shape index (κ1) is 16.5. The zero-order valence-electron chi connectivity index (χ0n) is 9.35. The normalized spacial score (nSPS) is 17.4. The number of hydrogen-bond donors (Lipinski definition) is 2. The summed E-state index contributed by atoms with van der Waals surface area (Å²) in [5.74, 6) is -0.956. The van der Waals surface area contributed by atoms with Crippen LogP contribution in [-0.2, 0) is 4.79 Å². The SMILES string of the molecule is Cl.O=C(CC(F)(F)F)NCCN1CCNCC1. The average molecular weight is 276 g/mol. The molecule has 0 aromatic carbocycles. The predicted octanol–water partition coefficient (Wildman–Crippen LogP) is 0.382. The fraction of sp³-hybridized carbons (Fsp3) is 0.889. The summed E-state index contributed by atoms with van der Waals surface area (Å²) in [6.07, 6.45) is -5.81. The molecule has 0 bridgehead atoms. The third-order valence-corrected chi connectivity index (χ3v) is 2.32. The Morgan fingerprint density at radius 2 is 1.88 bits per heavy atom. The van der Waals surface area contributed by atoms with E-state index < -0.39 is 18.5 Å². The molecule has 8 heteroatoms. The summed E-state index contributed by atoms with van der Waals surface area (Å²) in [6, 6.07) is 0. The summed E-state index contributed by atoms with van der Waals surface area (Å²) in [5.41, 5.74) is 0. The van der Waals surface area contributed by atoms with E-state index in [1.807, 2.05) is 0 Å². The van der Waals surface area contributed by atoms with Crippen molar-refractivity contribution < 1.29 is 18.0 Å². The summed E-state index contributed by atoms with van der Waals surface area (Å²) in [5, 5.41) is 5.43. The van der Waals surface area contributed by atoms with Crippen molar-refractivity contribution in [3.05, 3.63) is 0 Å². The van der Waals surface area contributed by atoms with E-state index in [0.29, 0.717) is 6.54 Å². The first-order valence-electron chi connectivity index (χ1n) is 5.24. The van der Waals surface area contributed by atoms with E-state index in [9.17, 15) is 18.0 Å². The van der Waals surface area contributed by atoms with Gasteiger partial charge in [-0.05, 0) is 0 Å². The van der Waals surface area contributed by atoms with E-state index in [1.165, 1.54) is 0 Å². The second-order valence-corrected chi connectivity index (χ2v) is 3.73. The number of halogens is 4. The fourth-order valence-corrected chi connectivity index (χ4v) is 1.53. The lowest BCUT2D eigenvalue weighted by Crippen LogP contribution is -2.46. The second kappa shape index (κ2) is 7.73. The van der Waals surface area contributed by atoms with Crippen LogP contribution in [0.5, 0.6) is 0 Å². The van der Waals surface area contributed by atoms with Crippen LogP contribution in [0.25, 0.3) is 0 Å². The summed E-state index contributed by atoms with van der Waals surface area (Å²) >= 11 is 0. The van der Waals surface area contributed by atoms with Gasteiger partial charge in [-0.2, -0.15) is 13.2 Å². The Kier molecular flexibility index (Phi) is 7.49. The highest BCUT2D eigenvalue weighted by Crippen LogP contribution is 2.18. The first-order valence-corrected chi connectivity index (χ1v) is 5.24. The quantitative estimate of drug-likeness (QED) is 0.780. The third kappa shape index (κ3) is 8.23. The van der Waals surface area contributed by atoms with Crippen molar-refractivity contribution in [3.8, 4) is 0 Å². The molecule has 1 aliphatic rings. The lowest BCUT2D eigenvalue weighted by Gasteiger charge is -2.27. The minimum Gasteiger partial charge on any atom is -0.355 e. The molecule has 1 heterocycles. The van der Waals surface area contributed by atoms with Crippen LogP contribution in [0.3, 0.4) is 0 Å². The number of nitrogens with zero attached hydrogens (tertiary/aromatic N) is 1. The van der Waals surface area contributed by atoms with Gasteiger partial charge in [0, 0.05) is 39.3 Å². The minimum atomic E-state index is -4.42. The smallest absolute Gasteiger partial charge is 0.355 e. The van der Waals surface area contributed by atoms with Crippen molar-refractivity contribution in [2.24, 2.45) is 0 Å². The van der Waals surface area contributed by atoms with Gasteiger partial charge in [-0.25, -0.2) is 0 Å². The molecule has 1 fully saturated rings. The van der Waals surface area contributed by atoms with Gasteiger partial charge < -0.3 is 10.6 Å². The zero-order chi connectivity index (χ0) is 12.0. The Balaban J connectivity index is 0.00000256. The van der Waals surface area contributed by atoms with Gasteiger partial charge >= 0.3 is 6.18 Å². The summed E-state index contributed by atoms with van der Waals surface area (Å²) in [7, 11) is 0. The van der Waals surface area contributed by atoms with Crippen molar-refractivity contribution >= 4 is 18.3 Å². The number of nitrogens with one attached hydrogen (secondary N) is 2. The molecule has 0 radical (unpaired) electrons. The van der Waals surface area contributed by atoms with Crippen molar-refractivity contribution in [3.63, 3.8) is 0 Å². The molecule has 0 aromatic heterocycles. The lowest BCUT2D eigenvalue weighted by molar-refractivity contribution is -0.153. The number of amides is 1. The molecule has 1 amide bonds. The van der Waals surface area contributed by atoms with E-state index in [4.69, 9.17) is 0 Å². The number of alkyl halides is 3. The summed E-state index contributed by atoms with van der Waals surface area (Å²) in [4.78, 5) is 12.9. The van der Waals surface area contributed by atoms with Gasteiger partial charge in [0.15, 0.2) is 0 Å². The monoisotopic (exact) mass is 275 g/mol. The van der Waals surface area contributed by atoms with Crippen LogP contribution in [0.15, 0.2) is 0 Å². The molecule has 0 atom stereocenters. The Hall–Kier alpha value is -0.530. The molecule has 102 valence electrons. The van der Waals surface area contributed by atoms with Crippen molar-refractivity contribution in [1.29, 1.82) is 0 Å². The number of rotatable bonds is 4. The Labute approximate surface area is 104 Å². The largest absolute Gasteiger partial charge is 0.397 e. The molecular weight excluding hydrogens is 259 g/mol. The Morgan fingerprint density at radius 1 is 1.29 bits per heavy atom. The van der Waals surface area contributed by atoms with Gasteiger partial charge in [0.1, 0.15) is 6.42 Å². The van der Waals surface area contributed by atoms with E-state index >= 15 is 0 Å². The standard InChI is InChI=1S/C9H16F3N3O.ClH/c10-9(11,12)7-8(16)14-3-6-15-4-1-13-2-5-15;/h13H,1-7H2,(H,14,16);1H. The molecule has 17 heavy (non-hydrogen) atoms. The molecule has 1 aliphatic heterocycles. The number of piperazine rings is 1. The van der Waals surface area contributed by atoms with Crippen LogP contribution in [0, 0.1) is 0 Å². The summed E-state index contributed by atoms with van der Waals surface area (Å²) < 4.78 is 35.4. The minimum absolute atomic E-state index is 0. The molecule has 1 rings (SSSR count). The van der Waals surface area contributed by atoms with Gasteiger partial charge in [-0.1, -0.05) is 0 Å². The maximum absolute atomic E-state index is 11.8. The maximum Gasteiger partial charge on any atom is 0.397 e. The maximum atomic E-state index is 11.8. The molecule has 0 saturated carbocycles. The van der Waals surface area contributed by atoms with Gasteiger partial charge in [0.05, 0.1) is 0 Å². The Morgan fingerprint density at radius 3 is 2.41 bits per heavy atom. The summed E-state index contributed by atoms with van der Waals surface area (Å²) in [6.45, 7) is 4.39. The van der Waals surface area contributed by atoms with Crippen LogP contribution in [0.2, 0.25) is 0 Å². The predicted molar refractivity (Wildman–Crippen MR) is 60.2 cm³/mol. The first-order chi connectivity index (χ1) is 7.47. The fourth-order valence-electron chi connectivity index (χ4n) is 1.53. The van der Waals surface area contributed by atoms with Gasteiger partial charge in [-0.3, -0.25) is 9.69 Å². The lowest BCUT2D eigenvalue weighted by atomic mass is 10.3. The molecular formula is C9H17ClF3N3O. The van der Waals surface area contributed by atoms with Crippen molar-refractivity contribution in [2.75, 3.05) is 39.3 Å². The highest BCUT2D eigenvalue weighted by atomic mass is 35.5. The molecule has 0 spiro atoms. The zero-order valence-corrected chi connectivity index (χ0v) is 10.2. The van der Waals surface area contributed by atoms with E-state index in [-0.39, 0.29) is 19.0 Å². The Bertz CT molecular complexity index is 232. The highest BCUT2D eigenvalue weighted by Gasteiger charge is 2.30. The van der Waals surface area contributed by atoms with Gasteiger partial charge in [-0.15, -0.1) is 12.4 Å². The number of carbonyl (C=O) groups excluding carboxylic acids is 1. The molecule has 2 N–H and O–H groups in total. The van der Waals surface area contributed by atoms with E-state index in [2.05, 4.69) is 15.5 Å². The topological polar surface area (TPSA) is 44.4 Å². The average Bonchev–Trinajstić information content (AvgIpc) is 2.16. The van der Waals surface area contributed by atoms with Gasteiger partial charge in [0.25, 0.3) is 0 Å². The van der Waals surface area contributed by atoms with Gasteiger partial charge in [0.2, 0.25) is 5.91 Å². The molecule has 0 aliphatic carbocycles. The molecule has 0 unspecified atom stereocenters. The van der Waals surface area contributed by atoms with Crippen LogP contribution in [0.1, 0.15) is 6.42 Å². The number of hydrogen-bond acceptors (Lipinski definition) is 3. The third-order valence-electron chi connectivity index (χ3n) is 2.32. The van der Waals surface area contributed by atoms with E-state index in [0.717, 1.165) is 26.2 Å². The van der Waals surface area contributed by atoms with Crippen LogP contribution in [0.4, 0.5) is 13.2 Å². The van der Waals surface area contributed by atoms with Crippen LogP contribution < -0.4 is 10.6 Å². The van der Waals surface area contributed by atoms with Crippen molar-refractivity contribution in [2.45, 2.75) is 12.6 Å². The molecule has 1 saturated heterocycles. The molecule has 0 aromatic rings. The second-order valence-electron chi connectivity index (χ2n) is 3.73. The highest BCUT2D eigenvalue weighted by molar-refractivity contribution is 5.85. The van der Waals surface area contributed by atoms with Crippen LogP contribution >= 0.6 is 12.4 Å². The molecule has 4 nitrogen and oxygen atoms in total. The van der Waals surface area contributed by atoms with E-state index in [1.54, 1.807) is 0 Å². The van der Waals surface area contributed by atoms with Crippen LogP contribution in [-0.4, -0.2) is 56.3 Å².